The number of nitrogens with one attached hydrogen (secondary N) is 2. The molecule has 0 bridgehead atoms. The first kappa shape index (κ1) is 21.3. The second-order valence-corrected chi connectivity index (χ2v) is 8.06. The molecule has 0 heterocycles. The molecule has 2 N–H and O–H groups in total. The molecule has 2 amide bonds. The molecule has 3 rings (SSSR count). The number of thioether (sulfide) groups is 1. The van der Waals surface area contributed by atoms with E-state index in [4.69, 9.17) is 0 Å². The molecule has 3 aromatic carbocycles. The van der Waals surface area contributed by atoms with Gasteiger partial charge in [0, 0.05) is 16.1 Å². The number of anilines is 1. The summed E-state index contributed by atoms with van der Waals surface area (Å²) in [4.78, 5) is 25.6. The van der Waals surface area contributed by atoms with Crippen molar-refractivity contribution in [3.8, 4) is 0 Å². The van der Waals surface area contributed by atoms with Crippen LogP contribution < -0.4 is 10.7 Å². The van der Waals surface area contributed by atoms with Gasteiger partial charge in [-0.1, -0.05) is 48.5 Å². The maximum atomic E-state index is 12.3. The topological polar surface area (TPSA) is 70.6 Å². The predicted octanol–water partition coefficient (Wildman–Crippen LogP) is 4.96. The van der Waals surface area contributed by atoms with Crippen LogP contribution in [0.1, 0.15) is 29.8 Å². The Morgan fingerprint density at radius 1 is 0.833 bits per heavy atom. The van der Waals surface area contributed by atoms with Gasteiger partial charge < -0.3 is 5.32 Å². The zero-order valence-corrected chi connectivity index (χ0v) is 17.6. The first-order chi connectivity index (χ1) is 14.5. The van der Waals surface area contributed by atoms with Gasteiger partial charge in [0.2, 0.25) is 0 Å². The molecular weight excluding hydrogens is 394 g/mol. The van der Waals surface area contributed by atoms with Crippen molar-refractivity contribution in [2.75, 3.05) is 5.32 Å². The zero-order valence-electron chi connectivity index (χ0n) is 16.8. The lowest BCUT2D eigenvalue weighted by atomic mass is 10.1. The molecule has 0 saturated carbocycles. The van der Waals surface area contributed by atoms with Gasteiger partial charge in [-0.3, -0.25) is 9.59 Å². The minimum Gasteiger partial charge on any atom is -0.322 e. The first-order valence-corrected chi connectivity index (χ1v) is 10.4. The average molecular weight is 418 g/mol. The van der Waals surface area contributed by atoms with Crippen molar-refractivity contribution in [3.63, 3.8) is 0 Å². The number of rotatable bonds is 7. The molecule has 0 fully saturated rings. The summed E-state index contributed by atoms with van der Waals surface area (Å²) < 4.78 is 0. The van der Waals surface area contributed by atoms with Crippen molar-refractivity contribution >= 4 is 35.0 Å². The number of carbonyl (C=O) groups is 2. The number of amides is 2. The lowest BCUT2D eigenvalue weighted by Gasteiger charge is -2.10. The number of benzene rings is 3. The number of nitrogens with zero attached hydrogens (tertiary/aromatic N) is 1. The third-order valence-corrected chi connectivity index (χ3v) is 5.47. The zero-order chi connectivity index (χ0) is 21.3. The lowest BCUT2D eigenvalue weighted by molar-refractivity contribution is -0.120. The molecule has 0 aliphatic heterocycles. The largest absolute Gasteiger partial charge is 0.322 e. The quantitative estimate of drug-likeness (QED) is 0.324. The summed E-state index contributed by atoms with van der Waals surface area (Å²) >= 11 is 1.48. The van der Waals surface area contributed by atoms with E-state index in [-0.39, 0.29) is 17.1 Å². The fourth-order valence-corrected chi connectivity index (χ4v) is 3.52. The van der Waals surface area contributed by atoms with Gasteiger partial charge in [0.25, 0.3) is 11.8 Å². The molecule has 3 aromatic rings. The van der Waals surface area contributed by atoms with Gasteiger partial charge in [0.15, 0.2) is 0 Å². The standard InChI is InChI=1S/C24H23N3O2S/c1-17(26-27-23(28)18(2)30-22-11-7-4-8-12-22)19-13-15-21(16-14-19)25-24(29)20-9-5-3-6-10-20/h3-16,18H,1-2H3,(H,25,29)(H,27,28)/b26-17+. The van der Waals surface area contributed by atoms with E-state index in [0.717, 1.165) is 10.5 Å². The average Bonchev–Trinajstić information content (AvgIpc) is 2.79. The van der Waals surface area contributed by atoms with E-state index in [1.807, 2.05) is 86.6 Å². The summed E-state index contributed by atoms with van der Waals surface area (Å²) in [5.41, 5.74) is 5.46. The van der Waals surface area contributed by atoms with Gasteiger partial charge in [0.05, 0.1) is 11.0 Å². The van der Waals surface area contributed by atoms with Crippen LogP contribution in [0.3, 0.4) is 0 Å². The molecule has 30 heavy (non-hydrogen) atoms. The Hall–Kier alpha value is -3.38. The van der Waals surface area contributed by atoms with E-state index in [2.05, 4.69) is 15.8 Å². The third-order valence-electron chi connectivity index (χ3n) is 4.36. The van der Waals surface area contributed by atoms with Crippen molar-refractivity contribution in [1.29, 1.82) is 0 Å². The Bertz CT molecular complexity index is 1020. The molecule has 0 saturated heterocycles. The van der Waals surface area contributed by atoms with Gasteiger partial charge in [-0.25, -0.2) is 5.43 Å². The van der Waals surface area contributed by atoms with Crippen LogP contribution in [0, 0.1) is 0 Å². The molecule has 0 spiro atoms. The van der Waals surface area contributed by atoms with E-state index >= 15 is 0 Å². The number of carbonyl (C=O) groups excluding carboxylic acids is 2. The van der Waals surface area contributed by atoms with Crippen LogP contribution in [0.5, 0.6) is 0 Å². The molecular formula is C24H23N3O2S. The summed E-state index contributed by atoms with van der Waals surface area (Å²) in [6.07, 6.45) is 0. The van der Waals surface area contributed by atoms with Crippen LogP contribution in [-0.4, -0.2) is 22.8 Å². The Morgan fingerprint density at radius 2 is 1.43 bits per heavy atom. The molecule has 0 aliphatic carbocycles. The van der Waals surface area contributed by atoms with E-state index in [1.54, 1.807) is 12.1 Å². The van der Waals surface area contributed by atoms with Gasteiger partial charge >= 0.3 is 0 Å². The van der Waals surface area contributed by atoms with Gasteiger partial charge in [-0.15, -0.1) is 11.8 Å². The van der Waals surface area contributed by atoms with Gasteiger partial charge in [0.1, 0.15) is 0 Å². The second kappa shape index (κ2) is 10.4. The lowest BCUT2D eigenvalue weighted by Crippen LogP contribution is -2.27. The van der Waals surface area contributed by atoms with Crippen LogP contribution in [0.4, 0.5) is 5.69 Å². The minimum atomic E-state index is -0.264. The van der Waals surface area contributed by atoms with Crippen molar-refractivity contribution in [2.45, 2.75) is 24.0 Å². The van der Waals surface area contributed by atoms with Crippen molar-refractivity contribution in [1.82, 2.24) is 5.43 Å². The third kappa shape index (κ3) is 6.06. The number of hydrogen-bond donors (Lipinski definition) is 2. The monoisotopic (exact) mass is 417 g/mol. The highest BCUT2D eigenvalue weighted by molar-refractivity contribution is 8.00. The summed E-state index contributed by atoms with van der Waals surface area (Å²) in [5, 5.41) is 6.81. The first-order valence-electron chi connectivity index (χ1n) is 9.55. The Kier molecular flexibility index (Phi) is 7.40. The molecule has 1 atom stereocenters. The molecule has 1 unspecified atom stereocenters. The summed E-state index contributed by atoms with van der Waals surface area (Å²) in [6, 6.07) is 26.2. The highest BCUT2D eigenvalue weighted by atomic mass is 32.2. The molecule has 6 heteroatoms. The molecule has 5 nitrogen and oxygen atoms in total. The van der Waals surface area contributed by atoms with Gasteiger partial charge in [-0.05, 0) is 55.8 Å². The maximum absolute atomic E-state index is 12.3. The maximum Gasteiger partial charge on any atom is 0.255 e. The van der Waals surface area contributed by atoms with Crippen LogP contribution in [0.25, 0.3) is 0 Å². The normalized spacial score (nSPS) is 12.1. The van der Waals surface area contributed by atoms with Crippen molar-refractivity contribution in [3.05, 3.63) is 96.1 Å². The van der Waals surface area contributed by atoms with E-state index in [9.17, 15) is 9.59 Å². The number of hydrazone groups is 1. The van der Waals surface area contributed by atoms with Crippen LogP contribution >= 0.6 is 11.8 Å². The molecule has 0 radical (unpaired) electrons. The molecule has 0 aliphatic rings. The summed E-state index contributed by atoms with van der Waals surface area (Å²) in [5.74, 6) is -0.319. The minimum absolute atomic E-state index is 0.157. The van der Waals surface area contributed by atoms with Crippen LogP contribution in [-0.2, 0) is 4.79 Å². The smallest absolute Gasteiger partial charge is 0.255 e. The summed E-state index contributed by atoms with van der Waals surface area (Å²) in [7, 11) is 0. The van der Waals surface area contributed by atoms with E-state index in [0.29, 0.717) is 17.0 Å². The highest BCUT2D eigenvalue weighted by Crippen LogP contribution is 2.22. The van der Waals surface area contributed by atoms with E-state index < -0.39 is 0 Å². The van der Waals surface area contributed by atoms with Gasteiger partial charge in [-0.2, -0.15) is 5.10 Å². The highest BCUT2D eigenvalue weighted by Gasteiger charge is 2.14. The Balaban J connectivity index is 1.55. The second-order valence-electron chi connectivity index (χ2n) is 6.64. The molecule has 0 aromatic heterocycles. The Labute approximate surface area is 180 Å². The van der Waals surface area contributed by atoms with Crippen molar-refractivity contribution in [2.24, 2.45) is 5.10 Å². The van der Waals surface area contributed by atoms with Crippen LogP contribution in [0.15, 0.2) is 94.9 Å². The fourth-order valence-electron chi connectivity index (χ4n) is 2.64. The SMILES string of the molecule is C/C(=N\NC(=O)C(C)Sc1ccccc1)c1ccc(NC(=O)c2ccccc2)cc1. The van der Waals surface area contributed by atoms with E-state index in [1.165, 1.54) is 11.8 Å². The summed E-state index contributed by atoms with van der Waals surface area (Å²) in [6.45, 7) is 3.68. The van der Waals surface area contributed by atoms with Crippen LogP contribution in [0.2, 0.25) is 0 Å². The Morgan fingerprint density at radius 3 is 2.07 bits per heavy atom. The van der Waals surface area contributed by atoms with Crippen molar-refractivity contribution < 1.29 is 9.59 Å². The predicted molar refractivity (Wildman–Crippen MR) is 123 cm³/mol. The number of hydrogen-bond acceptors (Lipinski definition) is 4. The fraction of sp³-hybridized carbons (Fsp3) is 0.125. The molecule has 152 valence electrons.